The zero-order valence-corrected chi connectivity index (χ0v) is 16.9. The summed E-state index contributed by atoms with van der Waals surface area (Å²) in [4.78, 5) is 27.7. The third kappa shape index (κ3) is 2.96. The third-order valence-electron chi connectivity index (χ3n) is 5.98. The fraction of sp³-hybridized carbons (Fsp3) is 0.400. The molecule has 144 valence electrons. The molecule has 2 saturated heterocycles. The number of nitrogens with zero attached hydrogens (tertiary/aromatic N) is 4. The summed E-state index contributed by atoms with van der Waals surface area (Å²) in [6.07, 6.45) is 14.4. The molecule has 5 rings (SSSR count). The standard InChI is InChI=1S/C20H21BrN6O/c21-11-8-24-20(25-9-11)27-13-4-5-14(27)7-12(6-13)26-18-15-2-1-3-17(15)23-10-16(18)19(22)28/h1-2,8-10,12-14H,3-7H2,(H2,22,28)(H,23,26)/t12?,13-,14+. The summed E-state index contributed by atoms with van der Waals surface area (Å²) in [6, 6.07) is 1.09. The molecule has 2 aliphatic heterocycles. The summed E-state index contributed by atoms with van der Waals surface area (Å²) >= 11 is 3.40. The lowest BCUT2D eigenvalue weighted by atomic mass is 9.96. The Labute approximate surface area is 171 Å². The quantitative estimate of drug-likeness (QED) is 0.758. The van der Waals surface area contributed by atoms with E-state index in [1.165, 1.54) is 0 Å². The number of rotatable bonds is 4. The lowest BCUT2D eigenvalue weighted by Crippen LogP contribution is -2.48. The van der Waals surface area contributed by atoms with E-state index in [0.29, 0.717) is 17.6 Å². The van der Waals surface area contributed by atoms with Gasteiger partial charge in [-0.25, -0.2) is 9.97 Å². The zero-order valence-electron chi connectivity index (χ0n) is 15.3. The van der Waals surface area contributed by atoms with E-state index >= 15 is 0 Å². The molecule has 2 aromatic rings. The maximum atomic E-state index is 12.0. The first-order valence-electron chi connectivity index (χ1n) is 9.61. The second kappa shape index (κ2) is 6.84. The highest BCUT2D eigenvalue weighted by molar-refractivity contribution is 9.10. The van der Waals surface area contributed by atoms with Crippen molar-refractivity contribution in [2.24, 2.45) is 5.73 Å². The van der Waals surface area contributed by atoms with Crippen LogP contribution in [0.1, 0.15) is 47.3 Å². The molecule has 0 aromatic carbocycles. The number of fused-ring (bicyclic) bond motifs is 3. The second-order valence-electron chi connectivity index (χ2n) is 7.68. The summed E-state index contributed by atoms with van der Waals surface area (Å²) in [5.74, 6) is 0.362. The number of primary amides is 1. The monoisotopic (exact) mass is 440 g/mol. The van der Waals surface area contributed by atoms with E-state index in [9.17, 15) is 4.79 Å². The molecule has 0 spiro atoms. The Morgan fingerprint density at radius 1 is 1.14 bits per heavy atom. The number of anilines is 2. The molecule has 7 nitrogen and oxygen atoms in total. The van der Waals surface area contributed by atoms with E-state index in [-0.39, 0.29) is 6.04 Å². The Hall–Kier alpha value is -2.48. The van der Waals surface area contributed by atoms with Crippen molar-refractivity contribution in [2.75, 3.05) is 10.2 Å². The number of piperidine rings is 1. The molecule has 2 fully saturated rings. The van der Waals surface area contributed by atoms with Crippen LogP contribution < -0.4 is 16.0 Å². The number of hydrogen-bond donors (Lipinski definition) is 2. The van der Waals surface area contributed by atoms with Crippen LogP contribution in [0.25, 0.3) is 6.08 Å². The van der Waals surface area contributed by atoms with Crippen molar-refractivity contribution < 1.29 is 4.79 Å². The summed E-state index contributed by atoms with van der Waals surface area (Å²) in [5, 5.41) is 3.65. The second-order valence-corrected chi connectivity index (χ2v) is 8.60. The number of nitrogens with one attached hydrogen (secondary N) is 1. The highest BCUT2D eigenvalue weighted by Crippen LogP contribution is 2.40. The normalized spacial score (nSPS) is 25.0. The first-order chi connectivity index (χ1) is 13.6. The smallest absolute Gasteiger partial charge is 0.252 e. The molecule has 0 saturated carbocycles. The predicted octanol–water partition coefficient (Wildman–Crippen LogP) is 2.91. The predicted molar refractivity (Wildman–Crippen MR) is 111 cm³/mol. The van der Waals surface area contributed by atoms with Gasteiger partial charge in [0.15, 0.2) is 0 Å². The third-order valence-corrected chi connectivity index (χ3v) is 6.39. The SMILES string of the molecule is NC(=O)c1cnc2c(c1NC1C[C@H]3CC[C@@H](C1)N3c1ncc(Br)cn1)C=CC2. The summed E-state index contributed by atoms with van der Waals surface area (Å²) < 4.78 is 0.888. The van der Waals surface area contributed by atoms with Gasteiger partial charge in [0.25, 0.3) is 5.91 Å². The summed E-state index contributed by atoms with van der Waals surface area (Å²) in [5.41, 5.74) is 8.92. The fourth-order valence-electron chi connectivity index (χ4n) is 4.80. The van der Waals surface area contributed by atoms with E-state index in [1.807, 2.05) is 6.08 Å². The van der Waals surface area contributed by atoms with Crippen LogP contribution in [0.3, 0.4) is 0 Å². The Bertz CT molecular complexity index is 946. The number of aromatic nitrogens is 3. The number of hydrogen-bond acceptors (Lipinski definition) is 6. The Morgan fingerprint density at radius 2 is 1.86 bits per heavy atom. The van der Waals surface area contributed by atoms with Crippen molar-refractivity contribution in [3.8, 4) is 0 Å². The molecule has 1 unspecified atom stereocenters. The van der Waals surface area contributed by atoms with Crippen molar-refractivity contribution in [3.05, 3.63) is 46.0 Å². The van der Waals surface area contributed by atoms with Gasteiger partial charge in [-0.05, 0) is 41.6 Å². The molecule has 8 heteroatoms. The number of pyridine rings is 1. The molecular weight excluding hydrogens is 420 g/mol. The van der Waals surface area contributed by atoms with Crippen LogP contribution in [0.2, 0.25) is 0 Å². The van der Waals surface area contributed by atoms with Crippen LogP contribution in [0.4, 0.5) is 11.6 Å². The maximum absolute atomic E-state index is 12.0. The minimum atomic E-state index is -0.443. The lowest BCUT2D eigenvalue weighted by molar-refractivity contribution is 0.100. The van der Waals surface area contributed by atoms with Crippen LogP contribution in [0, 0.1) is 0 Å². The molecular formula is C20H21BrN6O. The molecule has 4 heterocycles. The Kier molecular flexibility index (Phi) is 4.30. The average molecular weight is 441 g/mol. The first-order valence-corrected chi connectivity index (χ1v) is 10.4. The van der Waals surface area contributed by atoms with Gasteiger partial charge < -0.3 is 16.0 Å². The van der Waals surface area contributed by atoms with Gasteiger partial charge in [-0.2, -0.15) is 0 Å². The van der Waals surface area contributed by atoms with Crippen molar-refractivity contribution in [1.82, 2.24) is 15.0 Å². The molecule has 1 amide bonds. The van der Waals surface area contributed by atoms with E-state index in [4.69, 9.17) is 5.73 Å². The van der Waals surface area contributed by atoms with Gasteiger partial charge in [-0.1, -0.05) is 12.2 Å². The molecule has 3 N–H and O–H groups in total. The number of allylic oxidation sites excluding steroid dienone is 1. The van der Waals surface area contributed by atoms with Gasteiger partial charge in [-0.3, -0.25) is 9.78 Å². The van der Waals surface area contributed by atoms with Crippen molar-refractivity contribution in [3.63, 3.8) is 0 Å². The van der Waals surface area contributed by atoms with E-state index in [0.717, 1.165) is 59.5 Å². The van der Waals surface area contributed by atoms with E-state index < -0.39 is 5.91 Å². The van der Waals surface area contributed by atoms with Crippen LogP contribution in [-0.4, -0.2) is 39.0 Å². The summed E-state index contributed by atoms with van der Waals surface area (Å²) in [6.45, 7) is 0. The summed E-state index contributed by atoms with van der Waals surface area (Å²) in [7, 11) is 0. The highest BCUT2D eigenvalue weighted by atomic mass is 79.9. The number of carbonyl (C=O) groups excluding carboxylic acids is 1. The van der Waals surface area contributed by atoms with Crippen molar-refractivity contribution >= 4 is 39.5 Å². The lowest BCUT2D eigenvalue weighted by Gasteiger charge is -2.39. The Morgan fingerprint density at radius 3 is 2.54 bits per heavy atom. The van der Waals surface area contributed by atoms with Gasteiger partial charge in [0.2, 0.25) is 5.95 Å². The molecule has 1 aliphatic carbocycles. The van der Waals surface area contributed by atoms with E-state index in [2.05, 4.69) is 47.2 Å². The highest BCUT2D eigenvalue weighted by Gasteiger charge is 2.42. The van der Waals surface area contributed by atoms with Gasteiger partial charge in [0.05, 0.1) is 21.4 Å². The van der Waals surface area contributed by atoms with Gasteiger partial charge in [0.1, 0.15) is 0 Å². The van der Waals surface area contributed by atoms with Crippen molar-refractivity contribution in [2.45, 2.75) is 50.2 Å². The van der Waals surface area contributed by atoms with Gasteiger partial charge in [-0.15, -0.1) is 0 Å². The molecule has 0 radical (unpaired) electrons. The Balaban J connectivity index is 1.40. The number of nitrogens with two attached hydrogens (primary N) is 1. The zero-order chi connectivity index (χ0) is 19.3. The van der Waals surface area contributed by atoms with Gasteiger partial charge in [0, 0.05) is 48.7 Å². The van der Waals surface area contributed by atoms with E-state index in [1.54, 1.807) is 18.6 Å². The van der Waals surface area contributed by atoms with Crippen LogP contribution >= 0.6 is 15.9 Å². The largest absolute Gasteiger partial charge is 0.381 e. The van der Waals surface area contributed by atoms with Crippen LogP contribution in [0.15, 0.2) is 29.1 Å². The first kappa shape index (κ1) is 17.6. The number of halogens is 1. The average Bonchev–Trinajstić information content (AvgIpc) is 3.25. The van der Waals surface area contributed by atoms with Gasteiger partial charge >= 0.3 is 0 Å². The molecule has 2 bridgehead atoms. The minimum Gasteiger partial charge on any atom is -0.381 e. The number of amides is 1. The molecule has 28 heavy (non-hydrogen) atoms. The molecule has 3 atom stereocenters. The number of carbonyl (C=O) groups is 1. The fourth-order valence-corrected chi connectivity index (χ4v) is 5.01. The maximum Gasteiger partial charge on any atom is 0.252 e. The molecule has 2 aromatic heterocycles. The van der Waals surface area contributed by atoms with Crippen LogP contribution in [0.5, 0.6) is 0 Å². The minimum absolute atomic E-state index is 0.280. The van der Waals surface area contributed by atoms with Crippen LogP contribution in [-0.2, 0) is 6.42 Å². The van der Waals surface area contributed by atoms with Crippen molar-refractivity contribution in [1.29, 1.82) is 0 Å². The molecule has 3 aliphatic rings. The topological polar surface area (TPSA) is 97.0 Å².